The first kappa shape index (κ1) is 25.6. The number of anilines is 1. The minimum Gasteiger partial charge on any atom is -0.496 e. The number of piperidine rings is 1. The number of hydrogen-bond acceptors (Lipinski definition) is 5. The number of methoxy groups -OCH3 is 1. The number of likely N-dealkylation sites (N-methyl/N-ethyl adjacent to an activating group) is 2. The SMILES string of the molecule is COc1cc2c(cc1C(=O)N1CCC(F)(Cc3ccc(F)cc3)CC1)C(C(=O)C(=O)N(C)C)CN2C. The van der Waals surface area contributed by atoms with Gasteiger partial charge in [-0.3, -0.25) is 14.4 Å². The maximum absolute atomic E-state index is 15.5. The van der Waals surface area contributed by atoms with Gasteiger partial charge in [0.05, 0.1) is 18.6 Å². The molecule has 2 aliphatic heterocycles. The van der Waals surface area contributed by atoms with Gasteiger partial charge >= 0.3 is 0 Å². The molecular weight excluding hydrogens is 468 g/mol. The number of hydrogen-bond donors (Lipinski definition) is 0. The summed E-state index contributed by atoms with van der Waals surface area (Å²) in [5.41, 5.74) is 0.852. The molecule has 0 N–H and O–H groups in total. The number of alkyl halides is 1. The molecule has 36 heavy (non-hydrogen) atoms. The van der Waals surface area contributed by atoms with E-state index in [4.69, 9.17) is 4.74 Å². The molecule has 2 amide bonds. The second-order valence-electron chi connectivity index (χ2n) is 9.85. The van der Waals surface area contributed by atoms with Gasteiger partial charge in [-0.25, -0.2) is 8.78 Å². The van der Waals surface area contributed by atoms with Crippen LogP contribution < -0.4 is 9.64 Å². The quantitative estimate of drug-likeness (QED) is 0.571. The Bertz CT molecular complexity index is 1170. The van der Waals surface area contributed by atoms with Gasteiger partial charge in [-0.1, -0.05) is 12.1 Å². The zero-order chi connectivity index (χ0) is 26.2. The van der Waals surface area contributed by atoms with Crippen LogP contribution in [0.3, 0.4) is 0 Å². The number of ether oxygens (including phenoxy) is 1. The van der Waals surface area contributed by atoms with E-state index in [2.05, 4.69) is 0 Å². The number of rotatable bonds is 6. The van der Waals surface area contributed by atoms with Crippen LogP contribution in [0, 0.1) is 5.82 Å². The van der Waals surface area contributed by atoms with Crippen LogP contribution in [0.1, 0.15) is 40.2 Å². The van der Waals surface area contributed by atoms with Gasteiger partial charge in [-0.05, 0) is 42.2 Å². The standard InChI is InChI=1S/C27H31F2N3O4/c1-30(2)26(35)24(33)21-16-31(3)22-14-23(36-4)20(13-19(21)22)25(34)32-11-9-27(29,10-12-32)15-17-5-7-18(28)8-6-17/h5-8,13-14,21H,9-12,15-16H2,1-4H3. The Morgan fingerprint density at radius 2 is 1.75 bits per heavy atom. The Balaban J connectivity index is 1.54. The largest absolute Gasteiger partial charge is 0.496 e. The van der Waals surface area contributed by atoms with E-state index < -0.39 is 23.3 Å². The van der Waals surface area contributed by atoms with Crippen molar-refractivity contribution in [2.45, 2.75) is 30.8 Å². The first-order valence-electron chi connectivity index (χ1n) is 11.9. The summed E-state index contributed by atoms with van der Waals surface area (Å²) in [6.45, 7) is 0.766. The van der Waals surface area contributed by atoms with Crippen molar-refractivity contribution in [3.8, 4) is 5.75 Å². The van der Waals surface area contributed by atoms with E-state index >= 15 is 4.39 Å². The summed E-state index contributed by atoms with van der Waals surface area (Å²) < 4.78 is 34.2. The van der Waals surface area contributed by atoms with E-state index in [1.807, 2.05) is 11.9 Å². The molecule has 0 radical (unpaired) electrons. The summed E-state index contributed by atoms with van der Waals surface area (Å²) in [5, 5.41) is 0. The Kier molecular flexibility index (Phi) is 7.02. The predicted octanol–water partition coefficient (Wildman–Crippen LogP) is 3.21. The van der Waals surface area contributed by atoms with E-state index in [9.17, 15) is 18.8 Å². The molecule has 1 atom stereocenters. The van der Waals surface area contributed by atoms with Gasteiger partial charge in [-0.2, -0.15) is 0 Å². The highest BCUT2D eigenvalue weighted by atomic mass is 19.1. The van der Waals surface area contributed by atoms with Gasteiger partial charge in [0.25, 0.3) is 11.8 Å². The minimum absolute atomic E-state index is 0.157. The van der Waals surface area contributed by atoms with Crippen molar-refractivity contribution in [2.75, 3.05) is 52.8 Å². The van der Waals surface area contributed by atoms with Crippen LogP contribution in [0.5, 0.6) is 5.75 Å². The zero-order valence-corrected chi connectivity index (χ0v) is 21.0. The van der Waals surface area contributed by atoms with Gasteiger partial charge in [-0.15, -0.1) is 0 Å². The van der Waals surface area contributed by atoms with Crippen molar-refractivity contribution in [3.05, 3.63) is 58.9 Å². The van der Waals surface area contributed by atoms with Crippen molar-refractivity contribution >= 4 is 23.3 Å². The van der Waals surface area contributed by atoms with Gasteiger partial charge in [0.15, 0.2) is 0 Å². The van der Waals surface area contributed by atoms with Crippen LogP contribution in [0.2, 0.25) is 0 Å². The second-order valence-corrected chi connectivity index (χ2v) is 9.85. The first-order chi connectivity index (χ1) is 17.0. The fraction of sp³-hybridized carbons (Fsp3) is 0.444. The molecule has 0 bridgehead atoms. The second kappa shape index (κ2) is 9.87. The summed E-state index contributed by atoms with van der Waals surface area (Å²) in [7, 11) is 6.34. The Morgan fingerprint density at radius 3 is 2.33 bits per heavy atom. The number of ketones is 1. The Morgan fingerprint density at radius 1 is 1.11 bits per heavy atom. The number of carbonyl (C=O) groups is 3. The molecule has 0 spiro atoms. The average Bonchev–Trinajstić information content (AvgIpc) is 3.18. The van der Waals surface area contributed by atoms with Crippen LogP contribution in [0.4, 0.5) is 14.5 Å². The van der Waals surface area contributed by atoms with E-state index in [-0.39, 0.29) is 49.6 Å². The molecule has 2 aromatic carbocycles. The van der Waals surface area contributed by atoms with Crippen LogP contribution in [0.25, 0.3) is 0 Å². The highest BCUT2D eigenvalue weighted by Gasteiger charge is 2.40. The average molecular weight is 500 g/mol. The number of halogens is 2. The molecule has 1 fully saturated rings. The lowest BCUT2D eigenvalue weighted by Gasteiger charge is -2.37. The van der Waals surface area contributed by atoms with Gasteiger partial charge < -0.3 is 19.4 Å². The molecule has 0 aromatic heterocycles. The monoisotopic (exact) mass is 499 g/mol. The summed E-state index contributed by atoms with van der Waals surface area (Å²) in [4.78, 5) is 43.4. The number of nitrogens with zero attached hydrogens (tertiary/aromatic N) is 3. The molecule has 0 aliphatic carbocycles. The number of benzene rings is 2. The topological polar surface area (TPSA) is 70.2 Å². The number of Topliss-reactive ketones (excluding diaryl/α,β-unsaturated/α-hetero) is 1. The lowest BCUT2D eigenvalue weighted by Crippen LogP contribution is -2.45. The van der Waals surface area contributed by atoms with Gasteiger partial charge in [0, 0.05) is 59.0 Å². The molecule has 9 heteroatoms. The molecule has 1 saturated heterocycles. The molecule has 7 nitrogen and oxygen atoms in total. The van der Waals surface area contributed by atoms with Crippen LogP contribution >= 0.6 is 0 Å². The van der Waals surface area contributed by atoms with Crippen LogP contribution in [0.15, 0.2) is 36.4 Å². The fourth-order valence-corrected chi connectivity index (χ4v) is 5.02. The summed E-state index contributed by atoms with van der Waals surface area (Å²) in [5.74, 6) is -2.12. The zero-order valence-electron chi connectivity index (χ0n) is 21.0. The molecule has 1 unspecified atom stereocenters. The highest BCUT2D eigenvalue weighted by Crippen LogP contribution is 2.41. The maximum Gasteiger partial charge on any atom is 0.290 e. The van der Waals surface area contributed by atoms with Crippen molar-refractivity contribution in [2.24, 2.45) is 0 Å². The van der Waals surface area contributed by atoms with Gasteiger partial charge in [0.2, 0.25) is 5.78 Å². The lowest BCUT2D eigenvalue weighted by atomic mass is 9.86. The summed E-state index contributed by atoms with van der Waals surface area (Å²) in [6.07, 6.45) is 0.475. The number of carbonyl (C=O) groups excluding carboxylic acids is 3. The highest BCUT2D eigenvalue weighted by molar-refractivity contribution is 6.38. The third-order valence-corrected chi connectivity index (χ3v) is 7.14. The normalized spacial score (nSPS) is 18.6. The Labute approximate surface area is 209 Å². The van der Waals surface area contributed by atoms with E-state index in [1.165, 1.54) is 38.2 Å². The molecule has 2 aromatic rings. The predicted molar refractivity (Wildman–Crippen MR) is 132 cm³/mol. The van der Waals surface area contributed by atoms with Crippen molar-refractivity contribution in [1.82, 2.24) is 9.80 Å². The number of likely N-dealkylation sites (tertiary alicyclic amines) is 1. The summed E-state index contributed by atoms with van der Waals surface area (Å²) in [6, 6.07) is 9.16. The van der Waals surface area contributed by atoms with Gasteiger partial charge in [0.1, 0.15) is 17.2 Å². The van der Waals surface area contributed by atoms with E-state index in [0.717, 1.165) is 5.69 Å². The van der Waals surface area contributed by atoms with Crippen LogP contribution in [-0.2, 0) is 16.0 Å². The molecule has 2 heterocycles. The first-order valence-corrected chi connectivity index (χ1v) is 11.9. The molecular formula is C27H31F2N3O4. The lowest BCUT2D eigenvalue weighted by molar-refractivity contribution is -0.143. The van der Waals surface area contributed by atoms with E-state index in [0.29, 0.717) is 23.4 Å². The molecule has 4 rings (SSSR count). The molecule has 192 valence electrons. The number of amides is 2. The third-order valence-electron chi connectivity index (χ3n) is 7.14. The minimum atomic E-state index is -1.48. The number of fused-ring (bicyclic) bond motifs is 1. The maximum atomic E-state index is 15.5. The smallest absolute Gasteiger partial charge is 0.290 e. The molecule has 2 aliphatic rings. The van der Waals surface area contributed by atoms with E-state index in [1.54, 1.807) is 29.2 Å². The van der Waals surface area contributed by atoms with Crippen molar-refractivity contribution in [3.63, 3.8) is 0 Å². The third kappa shape index (κ3) is 4.92. The summed E-state index contributed by atoms with van der Waals surface area (Å²) >= 11 is 0. The Hall–Kier alpha value is -3.49. The van der Waals surface area contributed by atoms with Crippen molar-refractivity contribution in [1.29, 1.82) is 0 Å². The van der Waals surface area contributed by atoms with Crippen molar-refractivity contribution < 1.29 is 27.9 Å². The fourth-order valence-electron chi connectivity index (χ4n) is 5.02. The van der Waals surface area contributed by atoms with Crippen LogP contribution in [-0.4, -0.2) is 81.0 Å². The molecule has 0 saturated carbocycles.